The SMILES string of the molecule is COc1ccc2ncc(F)c(C(CC34CCC(NC(=O)O)(CC3)CO4)NC(=O)OCc3ccccc3)c2n1. The summed E-state index contributed by atoms with van der Waals surface area (Å²) in [4.78, 5) is 32.8. The number of carbonyl (C=O) groups is 2. The summed E-state index contributed by atoms with van der Waals surface area (Å²) in [6.07, 6.45) is 1.80. The summed E-state index contributed by atoms with van der Waals surface area (Å²) in [7, 11) is 1.46. The van der Waals surface area contributed by atoms with E-state index in [0.29, 0.717) is 31.2 Å². The summed E-state index contributed by atoms with van der Waals surface area (Å²) in [6.45, 7) is 0.256. The number of hydrogen-bond donors (Lipinski definition) is 3. The van der Waals surface area contributed by atoms with Crippen molar-refractivity contribution < 1.29 is 33.3 Å². The van der Waals surface area contributed by atoms with E-state index < -0.39 is 35.2 Å². The Bertz CT molecular complexity index is 1310. The number of methoxy groups -OCH3 is 1. The van der Waals surface area contributed by atoms with Crippen molar-refractivity contribution in [3.63, 3.8) is 0 Å². The molecule has 1 aromatic carbocycles. The molecule has 4 heterocycles. The van der Waals surface area contributed by atoms with Crippen LogP contribution in [0.25, 0.3) is 11.0 Å². The monoisotopic (exact) mass is 524 g/mol. The Balaban J connectivity index is 1.44. The Morgan fingerprint density at radius 1 is 1.16 bits per heavy atom. The summed E-state index contributed by atoms with van der Waals surface area (Å²) < 4.78 is 32.4. The van der Waals surface area contributed by atoms with Gasteiger partial charge in [0.15, 0.2) is 0 Å². The van der Waals surface area contributed by atoms with E-state index in [1.807, 2.05) is 30.3 Å². The topological polar surface area (TPSA) is 132 Å². The van der Waals surface area contributed by atoms with Crippen molar-refractivity contribution in [3.8, 4) is 5.88 Å². The molecule has 1 atom stereocenters. The highest BCUT2D eigenvalue weighted by Gasteiger charge is 2.51. The van der Waals surface area contributed by atoms with Gasteiger partial charge in [-0.3, -0.25) is 4.98 Å². The Morgan fingerprint density at radius 3 is 2.58 bits per heavy atom. The van der Waals surface area contributed by atoms with Crippen molar-refractivity contribution >= 4 is 23.2 Å². The number of carboxylic acid groups (broad SMARTS) is 1. The highest BCUT2D eigenvalue weighted by atomic mass is 19.1. The number of benzene rings is 1. The number of pyridine rings is 2. The van der Waals surface area contributed by atoms with Crippen LogP contribution in [0.3, 0.4) is 0 Å². The Labute approximate surface area is 218 Å². The molecule has 3 N–H and O–H groups in total. The van der Waals surface area contributed by atoms with Gasteiger partial charge in [-0.2, -0.15) is 0 Å². The molecule has 2 bridgehead atoms. The van der Waals surface area contributed by atoms with E-state index in [1.165, 1.54) is 7.11 Å². The van der Waals surface area contributed by atoms with Gasteiger partial charge in [-0.05, 0) is 37.3 Å². The quantitative estimate of drug-likeness (QED) is 0.393. The van der Waals surface area contributed by atoms with Crippen LogP contribution in [0, 0.1) is 5.82 Å². The van der Waals surface area contributed by atoms with Crippen LogP contribution >= 0.6 is 0 Å². The molecule has 1 aliphatic carbocycles. The number of aromatic nitrogens is 2. The molecule has 2 saturated heterocycles. The normalized spacial score (nSPS) is 23.0. The van der Waals surface area contributed by atoms with E-state index in [1.54, 1.807) is 12.1 Å². The lowest BCUT2D eigenvalue weighted by Gasteiger charge is -2.53. The van der Waals surface area contributed by atoms with Crippen LogP contribution in [-0.2, 0) is 16.1 Å². The van der Waals surface area contributed by atoms with Crippen molar-refractivity contribution in [2.75, 3.05) is 13.7 Å². The van der Waals surface area contributed by atoms with Crippen molar-refractivity contribution in [2.24, 2.45) is 0 Å². The second-order valence-electron chi connectivity index (χ2n) is 9.89. The van der Waals surface area contributed by atoms with E-state index in [0.717, 1.165) is 11.8 Å². The fourth-order valence-electron chi connectivity index (χ4n) is 5.41. The first kappa shape index (κ1) is 25.7. The molecule has 10 nitrogen and oxygen atoms in total. The number of carbonyl (C=O) groups excluding carboxylic acids is 1. The molecule has 0 radical (unpaired) electrons. The molecule has 6 rings (SSSR count). The third kappa shape index (κ3) is 5.33. The number of nitrogens with zero attached hydrogens (tertiary/aromatic N) is 2. The van der Waals surface area contributed by atoms with Crippen LogP contribution in [0.1, 0.15) is 49.3 Å². The van der Waals surface area contributed by atoms with Crippen molar-refractivity contribution in [2.45, 2.75) is 55.9 Å². The van der Waals surface area contributed by atoms with Gasteiger partial charge in [-0.15, -0.1) is 0 Å². The molecule has 2 amide bonds. The summed E-state index contributed by atoms with van der Waals surface area (Å²) in [5.74, 6) is -0.345. The Hall–Kier alpha value is -3.99. The summed E-state index contributed by atoms with van der Waals surface area (Å²) in [5, 5.41) is 14.7. The number of amides is 2. The Morgan fingerprint density at radius 2 is 1.92 bits per heavy atom. The number of hydrogen-bond acceptors (Lipinski definition) is 7. The van der Waals surface area contributed by atoms with Crippen LogP contribution < -0.4 is 15.4 Å². The molecule has 1 unspecified atom stereocenters. The lowest BCUT2D eigenvalue weighted by atomic mass is 9.68. The van der Waals surface area contributed by atoms with Gasteiger partial charge >= 0.3 is 12.2 Å². The van der Waals surface area contributed by atoms with E-state index in [2.05, 4.69) is 20.6 Å². The van der Waals surface area contributed by atoms with Crippen molar-refractivity contribution in [1.29, 1.82) is 0 Å². The fourth-order valence-corrected chi connectivity index (χ4v) is 5.41. The van der Waals surface area contributed by atoms with Crippen LogP contribution in [0.2, 0.25) is 0 Å². The first-order valence-corrected chi connectivity index (χ1v) is 12.4. The number of fused-ring (bicyclic) bond motifs is 4. The zero-order valence-electron chi connectivity index (χ0n) is 20.9. The number of halogens is 1. The maximum absolute atomic E-state index is 15.5. The molecule has 0 spiro atoms. The summed E-state index contributed by atoms with van der Waals surface area (Å²) >= 11 is 0. The van der Waals surface area contributed by atoms with Crippen molar-refractivity contribution in [3.05, 3.63) is 65.6 Å². The first-order chi connectivity index (χ1) is 18.3. The molecule has 11 heteroatoms. The van der Waals surface area contributed by atoms with Crippen LogP contribution in [0.15, 0.2) is 48.7 Å². The van der Waals surface area contributed by atoms with Gasteiger partial charge < -0.3 is 30.0 Å². The fraction of sp³-hybridized carbons (Fsp3) is 0.407. The standard InChI is InChI=1S/C27H29FN4O6/c1-36-21-8-7-19-23(31-21)22(18(28)14-29-19)20(30-25(35)37-15-17-5-3-2-4-6-17)13-27-11-9-26(10-12-27,16-38-27)32-24(33)34/h2-8,14,20,32H,9-13,15-16H2,1H3,(H,30,35)(H,33,34). The minimum Gasteiger partial charge on any atom is -0.481 e. The highest BCUT2D eigenvalue weighted by molar-refractivity contribution is 5.80. The second kappa shape index (κ2) is 10.4. The predicted octanol–water partition coefficient (Wildman–Crippen LogP) is 4.48. The number of alkyl carbamates (subject to hydrolysis) is 1. The van der Waals surface area contributed by atoms with Gasteiger partial charge in [0.2, 0.25) is 5.88 Å². The number of nitrogens with one attached hydrogen (secondary N) is 2. The van der Waals surface area contributed by atoms with E-state index in [9.17, 15) is 14.7 Å². The molecule has 200 valence electrons. The van der Waals surface area contributed by atoms with Gasteiger partial charge in [0.1, 0.15) is 17.9 Å². The van der Waals surface area contributed by atoms with Crippen LogP contribution in [0.5, 0.6) is 5.88 Å². The van der Waals surface area contributed by atoms with E-state index in [-0.39, 0.29) is 36.6 Å². The van der Waals surface area contributed by atoms with Crippen LogP contribution in [0.4, 0.5) is 14.0 Å². The third-order valence-electron chi connectivity index (χ3n) is 7.46. The zero-order valence-corrected chi connectivity index (χ0v) is 20.9. The number of ether oxygens (including phenoxy) is 3. The largest absolute Gasteiger partial charge is 0.481 e. The molecule has 2 aromatic heterocycles. The highest BCUT2D eigenvalue weighted by Crippen LogP contribution is 2.48. The van der Waals surface area contributed by atoms with Gasteiger partial charge in [0.25, 0.3) is 0 Å². The van der Waals surface area contributed by atoms with Gasteiger partial charge in [0.05, 0.1) is 42.6 Å². The molecular formula is C27H29FN4O6. The predicted molar refractivity (Wildman–Crippen MR) is 134 cm³/mol. The minimum atomic E-state index is -1.09. The minimum absolute atomic E-state index is 0.0516. The Kier molecular flexibility index (Phi) is 7.02. The van der Waals surface area contributed by atoms with Crippen molar-refractivity contribution in [1.82, 2.24) is 20.6 Å². The average molecular weight is 525 g/mol. The first-order valence-electron chi connectivity index (χ1n) is 12.4. The average Bonchev–Trinajstić information content (AvgIpc) is 2.92. The lowest BCUT2D eigenvalue weighted by molar-refractivity contribution is -0.166. The van der Waals surface area contributed by atoms with E-state index >= 15 is 4.39 Å². The van der Waals surface area contributed by atoms with Gasteiger partial charge in [-0.25, -0.2) is 19.0 Å². The molecule has 3 aliphatic rings. The maximum Gasteiger partial charge on any atom is 0.407 e. The number of rotatable bonds is 8. The van der Waals surface area contributed by atoms with E-state index in [4.69, 9.17) is 14.2 Å². The zero-order chi connectivity index (χ0) is 26.8. The molecular weight excluding hydrogens is 495 g/mol. The molecule has 2 aliphatic heterocycles. The van der Waals surface area contributed by atoms with Gasteiger partial charge in [-0.1, -0.05) is 30.3 Å². The van der Waals surface area contributed by atoms with Gasteiger partial charge in [0, 0.05) is 18.1 Å². The summed E-state index contributed by atoms with van der Waals surface area (Å²) in [5.41, 5.74) is 0.378. The third-order valence-corrected chi connectivity index (χ3v) is 7.46. The molecule has 1 saturated carbocycles. The van der Waals surface area contributed by atoms with Crippen LogP contribution in [-0.4, -0.2) is 52.1 Å². The summed E-state index contributed by atoms with van der Waals surface area (Å²) in [6, 6.07) is 11.7. The molecule has 3 fully saturated rings. The lowest BCUT2D eigenvalue weighted by Crippen LogP contribution is -2.63. The smallest absolute Gasteiger partial charge is 0.407 e. The second-order valence-corrected chi connectivity index (χ2v) is 9.89. The maximum atomic E-state index is 15.5. The molecule has 3 aromatic rings. The molecule has 38 heavy (non-hydrogen) atoms.